The second kappa shape index (κ2) is 8.09. The van der Waals surface area contributed by atoms with E-state index in [1.54, 1.807) is 0 Å². The van der Waals surface area contributed by atoms with Gasteiger partial charge in [-0.25, -0.2) is 0 Å². The van der Waals surface area contributed by atoms with Gasteiger partial charge in [0.25, 0.3) is 11.6 Å². The number of aryl methyl sites for hydroxylation is 2. The van der Waals surface area contributed by atoms with E-state index in [1.807, 2.05) is 32.0 Å². The van der Waals surface area contributed by atoms with Gasteiger partial charge < -0.3 is 10.2 Å². The fourth-order valence-electron chi connectivity index (χ4n) is 2.48. The fraction of sp³-hybridized carbons (Fsp3) is 0.222. The highest BCUT2D eigenvalue weighted by atomic mass is 79.9. The summed E-state index contributed by atoms with van der Waals surface area (Å²) in [6, 6.07) is 9.77. The Kier molecular flexibility index (Phi) is 6.10. The molecule has 0 saturated carbocycles. The third-order valence-corrected chi connectivity index (χ3v) is 4.53. The van der Waals surface area contributed by atoms with E-state index >= 15 is 0 Å². The van der Waals surface area contributed by atoms with E-state index in [1.165, 1.54) is 30.1 Å². The van der Waals surface area contributed by atoms with E-state index in [-0.39, 0.29) is 28.2 Å². The summed E-state index contributed by atoms with van der Waals surface area (Å²) >= 11 is 3.08. The quantitative estimate of drug-likeness (QED) is 0.590. The zero-order valence-corrected chi connectivity index (χ0v) is 16.2. The van der Waals surface area contributed by atoms with Gasteiger partial charge in [0.2, 0.25) is 5.91 Å². The van der Waals surface area contributed by atoms with Gasteiger partial charge in [-0.2, -0.15) is 0 Å². The average Bonchev–Trinajstić information content (AvgIpc) is 2.57. The van der Waals surface area contributed by atoms with Crippen molar-refractivity contribution in [3.8, 4) is 0 Å². The van der Waals surface area contributed by atoms with Crippen LogP contribution in [0.25, 0.3) is 0 Å². The molecule has 136 valence electrons. The molecule has 2 aromatic carbocycles. The molecule has 0 aliphatic heterocycles. The number of benzene rings is 2. The Labute approximate surface area is 159 Å². The maximum absolute atomic E-state index is 12.5. The third kappa shape index (κ3) is 4.45. The molecule has 0 radical (unpaired) electrons. The number of nitro benzene ring substituents is 1. The molecule has 0 aromatic heterocycles. The Hall–Kier alpha value is -2.74. The van der Waals surface area contributed by atoms with E-state index < -0.39 is 10.8 Å². The summed E-state index contributed by atoms with van der Waals surface area (Å²) in [5, 5.41) is 13.8. The first kappa shape index (κ1) is 19.6. The molecule has 0 aliphatic rings. The van der Waals surface area contributed by atoms with E-state index in [4.69, 9.17) is 0 Å². The number of halogens is 1. The zero-order chi connectivity index (χ0) is 19.4. The Balaban J connectivity index is 2.10. The molecule has 0 spiro atoms. The highest BCUT2D eigenvalue weighted by molar-refractivity contribution is 9.10. The number of likely N-dealkylation sites (N-methyl/N-ethyl adjacent to an activating group) is 1. The van der Waals surface area contributed by atoms with E-state index in [0.29, 0.717) is 0 Å². The van der Waals surface area contributed by atoms with Crippen molar-refractivity contribution in [2.24, 2.45) is 0 Å². The van der Waals surface area contributed by atoms with Crippen LogP contribution in [-0.2, 0) is 4.79 Å². The third-order valence-electron chi connectivity index (χ3n) is 3.86. The Morgan fingerprint density at radius 3 is 2.38 bits per heavy atom. The Morgan fingerprint density at radius 2 is 1.81 bits per heavy atom. The molecule has 1 N–H and O–H groups in total. The predicted molar refractivity (Wildman–Crippen MR) is 102 cm³/mol. The lowest BCUT2D eigenvalue weighted by Gasteiger charge is -2.18. The summed E-state index contributed by atoms with van der Waals surface area (Å²) < 4.78 is 0.287. The standard InChI is InChI=1S/C18H18BrN3O4/c1-11-5-4-6-12(2)17(11)20-16(23)10-21(3)18(24)13-7-8-14(19)15(9-13)22(25)26/h4-9H,10H2,1-3H3,(H,20,23). The molecule has 0 aliphatic carbocycles. The minimum Gasteiger partial charge on any atom is -0.332 e. The normalized spacial score (nSPS) is 10.3. The molecule has 0 fully saturated rings. The van der Waals surface area contributed by atoms with Crippen LogP contribution in [0.4, 0.5) is 11.4 Å². The van der Waals surface area contributed by atoms with Gasteiger partial charge in [0.1, 0.15) is 0 Å². The monoisotopic (exact) mass is 419 g/mol. The summed E-state index contributed by atoms with van der Waals surface area (Å²) in [6.45, 7) is 3.60. The van der Waals surface area contributed by atoms with Crippen molar-refractivity contribution in [3.05, 3.63) is 67.7 Å². The Morgan fingerprint density at radius 1 is 1.19 bits per heavy atom. The molecule has 2 rings (SSSR count). The van der Waals surface area contributed by atoms with E-state index in [2.05, 4.69) is 21.2 Å². The first-order chi connectivity index (χ1) is 12.2. The van der Waals surface area contributed by atoms with Crippen molar-refractivity contribution in [3.63, 3.8) is 0 Å². The first-order valence-electron chi connectivity index (χ1n) is 7.76. The van der Waals surface area contributed by atoms with Crippen molar-refractivity contribution in [1.29, 1.82) is 0 Å². The average molecular weight is 420 g/mol. The lowest BCUT2D eigenvalue weighted by molar-refractivity contribution is -0.385. The van der Waals surface area contributed by atoms with Crippen LogP contribution in [0, 0.1) is 24.0 Å². The molecule has 2 aromatic rings. The topological polar surface area (TPSA) is 92.6 Å². The molecular formula is C18H18BrN3O4. The SMILES string of the molecule is Cc1cccc(C)c1NC(=O)CN(C)C(=O)c1ccc(Br)c([N+](=O)[O-])c1. The van der Waals surface area contributed by atoms with Gasteiger partial charge in [0, 0.05) is 24.4 Å². The number of hydrogen-bond acceptors (Lipinski definition) is 4. The smallest absolute Gasteiger partial charge is 0.284 e. The number of rotatable bonds is 5. The molecule has 26 heavy (non-hydrogen) atoms. The van der Waals surface area contributed by atoms with E-state index in [9.17, 15) is 19.7 Å². The first-order valence-corrected chi connectivity index (χ1v) is 8.55. The maximum atomic E-state index is 12.5. The van der Waals surface area contributed by atoms with Gasteiger partial charge in [-0.1, -0.05) is 18.2 Å². The second-order valence-corrected chi connectivity index (χ2v) is 6.75. The maximum Gasteiger partial charge on any atom is 0.284 e. The largest absolute Gasteiger partial charge is 0.332 e. The van der Waals surface area contributed by atoms with Crippen molar-refractivity contribution >= 4 is 39.1 Å². The van der Waals surface area contributed by atoms with Crippen molar-refractivity contribution in [1.82, 2.24) is 4.90 Å². The summed E-state index contributed by atoms with van der Waals surface area (Å²) in [6.07, 6.45) is 0. The molecule has 0 saturated heterocycles. The highest BCUT2D eigenvalue weighted by Gasteiger charge is 2.20. The van der Waals surface area contributed by atoms with Crippen LogP contribution in [0.3, 0.4) is 0 Å². The van der Waals surface area contributed by atoms with Crippen LogP contribution in [0.1, 0.15) is 21.5 Å². The van der Waals surface area contributed by atoms with Gasteiger partial charge in [0.05, 0.1) is 15.9 Å². The summed E-state index contributed by atoms with van der Waals surface area (Å²) in [5.41, 5.74) is 2.51. The number of hydrogen-bond donors (Lipinski definition) is 1. The van der Waals surface area contributed by atoms with Gasteiger partial charge >= 0.3 is 0 Å². The number of nitrogens with one attached hydrogen (secondary N) is 1. The second-order valence-electron chi connectivity index (χ2n) is 5.90. The van der Waals surface area contributed by atoms with Crippen molar-refractivity contribution in [2.45, 2.75) is 13.8 Å². The minimum absolute atomic E-state index is 0.141. The molecule has 0 heterocycles. The molecule has 0 atom stereocenters. The molecule has 8 heteroatoms. The van der Waals surface area contributed by atoms with Crippen LogP contribution >= 0.6 is 15.9 Å². The number of anilines is 1. The molecule has 7 nitrogen and oxygen atoms in total. The Bertz CT molecular complexity index is 862. The number of amides is 2. The van der Waals surface area contributed by atoms with Gasteiger partial charge in [0.15, 0.2) is 0 Å². The van der Waals surface area contributed by atoms with Crippen molar-refractivity contribution in [2.75, 3.05) is 18.9 Å². The zero-order valence-electron chi connectivity index (χ0n) is 14.6. The van der Waals surface area contributed by atoms with E-state index in [0.717, 1.165) is 16.8 Å². The van der Waals surface area contributed by atoms with Gasteiger partial charge in [-0.05, 0) is 53.0 Å². The van der Waals surface area contributed by atoms with Crippen LogP contribution in [0.2, 0.25) is 0 Å². The lowest BCUT2D eigenvalue weighted by Crippen LogP contribution is -2.35. The van der Waals surface area contributed by atoms with Gasteiger partial charge in [-0.15, -0.1) is 0 Å². The molecule has 0 bridgehead atoms. The number of para-hydroxylation sites is 1. The predicted octanol–water partition coefficient (Wildman–Crippen LogP) is 3.68. The fourth-order valence-corrected chi connectivity index (χ4v) is 2.88. The lowest BCUT2D eigenvalue weighted by atomic mass is 10.1. The van der Waals surface area contributed by atoms with Crippen LogP contribution < -0.4 is 5.32 Å². The minimum atomic E-state index is -0.575. The number of nitrogens with zero attached hydrogens (tertiary/aromatic N) is 2. The summed E-state index contributed by atoms with van der Waals surface area (Å²) in [4.78, 5) is 36.4. The summed E-state index contributed by atoms with van der Waals surface area (Å²) in [5.74, 6) is -0.817. The number of carbonyl (C=O) groups excluding carboxylic acids is 2. The van der Waals surface area contributed by atoms with Crippen molar-refractivity contribution < 1.29 is 14.5 Å². The van der Waals surface area contributed by atoms with Crippen LogP contribution in [0.5, 0.6) is 0 Å². The molecule has 2 amide bonds. The molecule has 0 unspecified atom stereocenters. The number of carbonyl (C=O) groups is 2. The highest BCUT2D eigenvalue weighted by Crippen LogP contribution is 2.26. The number of nitro groups is 1. The van der Waals surface area contributed by atoms with Gasteiger partial charge in [-0.3, -0.25) is 19.7 Å². The molecular weight excluding hydrogens is 402 g/mol. The van der Waals surface area contributed by atoms with Crippen LogP contribution in [0.15, 0.2) is 40.9 Å². The summed E-state index contributed by atoms with van der Waals surface area (Å²) in [7, 11) is 1.47. The van der Waals surface area contributed by atoms with Crippen LogP contribution in [-0.4, -0.2) is 35.2 Å².